The van der Waals surface area contributed by atoms with E-state index in [4.69, 9.17) is 4.52 Å². The minimum absolute atomic E-state index is 0.198. The van der Waals surface area contributed by atoms with Crippen LogP contribution in [-0.2, 0) is 0 Å². The van der Waals surface area contributed by atoms with Gasteiger partial charge < -0.3 is 9.84 Å². The van der Waals surface area contributed by atoms with Crippen molar-refractivity contribution in [3.05, 3.63) is 11.7 Å². The zero-order chi connectivity index (χ0) is 9.26. The van der Waals surface area contributed by atoms with Crippen LogP contribution in [0.1, 0.15) is 24.7 Å². The summed E-state index contributed by atoms with van der Waals surface area (Å²) in [7, 11) is 0. The topological polar surface area (TPSA) is 51.0 Å². The lowest BCUT2D eigenvalue weighted by molar-refractivity contribution is 0.376. The van der Waals surface area contributed by atoms with Gasteiger partial charge in [-0.1, -0.05) is 5.16 Å². The summed E-state index contributed by atoms with van der Waals surface area (Å²) in [6.45, 7) is 3.87. The molecular formula is C8H13N3OS. The van der Waals surface area contributed by atoms with Crippen molar-refractivity contribution in [3.8, 4) is 0 Å². The maximum absolute atomic E-state index is 4.91. The number of aryl methyl sites for hydroxylation is 1. The monoisotopic (exact) mass is 199 g/mol. The summed E-state index contributed by atoms with van der Waals surface area (Å²) in [6.07, 6.45) is 0. The smallest absolute Gasteiger partial charge is 0.223 e. The molecule has 1 N–H and O–H groups in total. The highest BCUT2D eigenvalue weighted by atomic mass is 32.2. The van der Waals surface area contributed by atoms with E-state index in [0.29, 0.717) is 11.9 Å². The predicted octanol–water partition coefficient (Wildman–Crippen LogP) is 1.14. The second-order valence-electron chi connectivity index (χ2n) is 3.29. The van der Waals surface area contributed by atoms with Crippen LogP contribution in [0.4, 0.5) is 0 Å². The van der Waals surface area contributed by atoms with Crippen molar-refractivity contribution in [2.45, 2.75) is 25.9 Å². The number of nitrogens with one attached hydrogen (secondary N) is 1. The van der Waals surface area contributed by atoms with Crippen LogP contribution < -0.4 is 5.32 Å². The number of nitrogens with zero attached hydrogens (tertiary/aromatic N) is 2. The first-order valence-corrected chi connectivity index (χ1v) is 5.55. The van der Waals surface area contributed by atoms with Crippen molar-refractivity contribution in [1.29, 1.82) is 0 Å². The van der Waals surface area contributed by atoms with Crippen molar-refractivity contribution >= 4 is 11.8 Å². The van der Waals surface area contributed by atoms with Crippen LogP contribution in [0.15, 0.2) is 4.52 Å². The molecule has 1 aliphatic heterocycles. The van der Waals surface area contributed by atoms with E-state index in [9.17, 15) is 0 Å². The van der Waals surface area contributed by atoms with Crippen LogP contribution in [0.2, 0.25) is 0 Å². The molecule has 0 aliphatic carbocycles. The fourth-order valence-electron chi connectivity index (χ4n) is 1.25. The largest absolute Gasteiger partial charge is 0.340 e. The van der Waals surface area contributed by atoms with E-state index < -0.39 is 0 Å². The lowest BCUT2D eigenvalue weighted by Gasteiger charge is -2.28. The Morgan fingerprint density at radius 2 is 2.38 bits per heavy atom. The van der Waals surface area contributed by atoms with E-state index in [0.717, 1.165) is 5.82 Å². The standard InChI is InChI=1S/C8H13N3OS/c1-5(9-7-3-13-4-7)8-10-6(2)12-11-8/h5,7,9H,3-4H2,1-2H3. The molecule has 1 aliphatic rings. The molecule has 2 rings (SSSR count). The van der Waals surface area contributed by atoms with Crippen LogP contribution in [0.3, 0.4) is 0 Å². The third kappa shape index (κ3) is 2.03. The Labute approximate surface area is 81.5 Å². The molecule has 0 spiro atoms. The molecule has 1 unspecified atom stereocenters. The van der Waals surface area contributed by atoms with Gasteiger partial charge in [0.1, 0.15) is 0 Å². The SMILES string of the molecule is Cc1nc(C(C)NC2CSC2)no1. The van der Waals surface area contributed by atoms with Gasteiger partial charge >= 0.3 is 0 Å². The molecule has 5 heteroatoms. The molecule has 72 valence electrons. The van der Waals surface area contributed by atoms with Crippen LogP contribution in [0.5, 0.6) is 0 Å². The predicted molar refractivity (Wildman–Crippen MR) is 51.7 cm³/mol. The molecule has 2 heterocycles. The molecule has 1 atom stereocenters. The van der Waals surface area contributed by atoms with E-state index in [-0.39, 0.29) is 6.04 Å². The molecule has 1 aromatic rings. The molecule has 0 bridgehead atoms. The van der Waals surface area contributed by atoms with Gasteiger partial charge in [-0.05, 0) is 6.92 Å². The van der Waals surface area contributed by atoms with Crippen molar-refractivity contribution < 1.29 is 4.52 Å². The Balaban J connectivity index is 1.92. The Morgan fingerprint density at radius 3 is 2.85 bits per heavy atom. The Bertz CT molecular complexity index is 285. The highest BCUT2D eigenvalue weighted by molar-refractivity contribution is 8.00. The molecular weight excluding hydrogens is 186 g/mol. The van der Waals surface area contributed by atoms with Crippen molar-refractivity contribution in [1.82, 2.24) is 15.5 Å². The zero-order valence-corrected chi connectivity index (χ0v) is 8.60. The summed E-state index contributed by atoms with van der Waals surface area (Å²) in [5.41, 5.74) is 0. The average Bonchev–Trinajstić information content (AvgIpc) is 2.44. The third-order valence-corrected chi connectivity index (χ3v) is 3.33. The molecule has 1 fully saturated rings. The lowest BCUT2D eigenvalue weighted by Crippen LogP contribution is -2.41. The third-order valence-electron chi connectivity index (χ3n) is 2.05. The minimum Gasteiger partial charge on any atom is -0.340 e. The van der Waals surface area contributed by atoms with Crippen molar-refractivity contribution in [3.63, 3.8) is 0 Å². The first-order valence-electron chi connectivity index (χ1n) is 4.39. The Kier molecular flexibility index (Phi) is 2.55. The summed E-state index contributed by atoms with van der Waals surface area (Å²) in [5, 5.41) is 7.31. The summed E-state index contributed by atoms with van der Waals surface area (Å²) in [6, 6.07) is 0.821. The highest BCUT2D eigenvalue weighted by Crippen LogP contribution is 2.20. The fourth-order valence-corrected chi connectivity index (χ4v) is 1.91. The molecule has 0 aromatic carbocycles. The van der Waals surface area contributed by atoms with E-state index in [1.165, 1.54) is 11.5 Å². The average molecular weight is 199 g/mol. The van der Waals surface area contributed by atoms with Gasteiger partial charge in [0.2, 0.25) is 5.89 Å². The van der Waals surface area contributed by atoms with Crippen LogP contribution in [0.25, 0.3) is 0 Å². The van der Waals surface area contributed by atoms with E-state index >= 15 is 0 Å². The molecule has 0 amide bonds. The first kappa shape index (κ1) is 9.02. The summed E-state index contributed by atoms with van der Waals surface area (Å²) in [4.78, 5) is 4.17. The first-order chi connectivity index (χ1) is 6.25. The van der Waals surface area contributed by atoms with E-state index in [1.54, 1.807) is 0 Å². The molecule has 1 aromatic heterocycles. The normalized spacial score (nSPS) is 19.8. The van der Waals surface area contributed by atoms with Gasteiger partial charge in [-0.3, -0.25) is 0 Å². The zero-order valence-electron chi connectivity index (χ0n) is 7.78. The quantitative estimate of drug-likeness (QED) is 0.791. The summed E-state index contributed by atoms with van der Waals surface area (Å²) >= 11 is 1.96. The van der Waals surface area contributed by atoms with Crippen molar-refractivity contribution in [2.75, 3.05) is 11.5 Å². The number of hydrogen-bond donors (Lipinski definition) is 1. The van der Waals surface area contributed by atoms with Gasteiger partial charge in [-0.2, -0.15) is 16.7 Å². The molecule has 4 nitrogen and oxygen atoms in total. The number of aromatic nitrogens is 2. The van der Waals surface area contributed by atoms with Crippen molar-refractivity contribution in [2.24, 2.45) is 0 Å². The number of thioether (sulfide) groups is 1. The number of hydrogen-bond acceptors (Lipinski definition) is 5. The Hall–Kier alpha value is -0.550. The highest BCUT2D eigenvalue weighted by Gasteiger charge is 2.22. The van der Waals surface area contributed by atoms with E-state index in [1.807, 2.05) is 18.7 Å². The fraction of sp³-hybridized carbons (Fsp3) is 0.750. The second-order valence-corrected chi connectivity index (χ2v) is 4.37. The van der Waals surface area contributed by atoms with Crippen LogP contribution in [0, 0.1) is 6.92 Å². The van der Waals surface area contributed by atoms with Gasteiger partial charge in [0.25, 0.3) is 0 Å². The molecule has 0 radical (unpaired) electrons. The summed E-state index contributed by atoms with van der Waals surface area (Å²) in [5.74, 6) is 3.78. The van der Waals surface area contributed by atoms with Gasteiger partial charge in [0.05, 0.1) is 6.04 Å². The maximum atomic E-state index is 4.91. The van der Waals surface area contributed by atoms with Crippen LogP contribution in [-0.4, -0.2) is 27.7 Å². The minimum atomic E-state index is 0.198. The maximum Gasteiger partial charge on any atom is 0.223 e. The van der Waals surface area contributed by atoms with Gasteiger partial charge in [0.15, 0.2) is 5.82 Å². The lowest BCUT2D eigenvalue weighted by atomic mass is 10.2. The second kappa shape index (κ2) is 3.67. The molecule has 13 heavy (non-hydrogen) atoms. The Morgan fingerprint density at radius 1 is 1.62 bits per heavy atom. The van der Waals surface area contributed by atoms with Crippen LogP contribution >= 0.6 is 11.8 Å². The van der Waals surface area contributed by atoms with Gasteiger partial charge in [-0.25, -0.2) is 0 Å². The molecule has 1 saturated heterocycles. The molecule has 0 saturated carbocycles. The van der Waals surface area contributed by atoms with E-state index in [2.05, 4.69) is 22.4 Å². The van der Waals surface area contributed by atoms with Gasteiger partial charge in [0, 0.05) is 24.5 Å². The van der Waals surface area contributed by atoms with Gasteiger partial charge in [-0.15, -0.1) is 0 Å². The number of rotatable bonds is 3. The summed E-state index contributed by atoms with van der Waals surface area (Å²) < 4.78 is 4.91.